The van der Waals surface area contributed by atoms with Crippen LogP contribution in [0.5, 0.6) is 0 Å². The first-order chi connectivity index (χ1) is 11.8. The smallest absolute Gasteiger partial charge is 0.225 e. The molecule has 0 radical (unpaired) electrons. The molecule has 0 bridgehead atoms. The van der Waals surface area contributed by atoms with Crippen molar-refractivity contribution in [3.63, 3.8) is 0 Å². The van der Waals surface area contributed by atoms with Crippen LogP contribution in [0.15, 0.2) is 35.3 Å². The first-order valence-electron chi connectivity index (χ1n) is 8.66. The van der Waals surface area contributed by atoms with Crippen molar-refractivity contribution in [2.45, 2.75) is 19.4 Å². The van der Waals surface area contributed by atoms with E-state index in [0.717, 1.165) is 45.3 Å². The van der Waals surface area contributed by atoms with Crippen LogP contribution >= 0.6 is 11.3 Å². The summed E-state index contributed by atoms with van der Waals surface area (Å²) in [5, 5.41) is 4.42. The Morgan fingerprint density at radius 3 is 2.96 bits per heavy atom. The minimum atomic E-state index is 0.184. The quantitative estimate of drug-likeness (QED) is 0.856. The van der Waals surface area contributed by atoms with Gasteiger partial charge < -0.3 is 9.64 Å². The second kappa shape index (κ2) is 7.17. The second-order valence-corrected chi connectivity index (χ2v) is 7.75. The third-order valence-electron chi connectivity index (χ3n) is 5.00. The molecule has 1 spiro atoms. The summed E-state index contributed by atoms with van der Waals surface area (Å²) in [6.45, 7) is 6.77. The van der Waals surface area contributed by atoms with E-state index in [4.69, 9.17) is 4.74 Å². The summed E-state index contributed by atoms with van der Waals surface area (Å²) in [6, 6.07) is 4.11. The van der Waals surface area contributed by atoms with Gasteiger partial charge in [0.25, 0.3) is 0 Å². The van der Waals surface area contributed by atoms with Crippen LogP contribution in [-0.2, 0) is 11.3 Å². The number of hydrogen-bond acceptors (Lipinski definition) is 6. The molecule has 24 heavy (non-hydrogen) atoms. The topological polar surface area (TPSA) is 41.5 Å². The van der Waals surface area contributed by atoms with E-state index in [-0.39, 0.29) is 5.41 Å². The number of piperidine rings is 1. The first-order valence-corrected chi connectivity index (χ1v) is 9.61. The van der Waals surface area contributed by atoms with Crippen molar-refractivity contribution in [3.05, 3.63) is 40.8 Å². The number of anilines is 1. The second-order valence-electron chi connectivity index (χ2n) is 6.97. The summed E-state index contributed by atoms with van der Waals surface area (Å²) in [5.41, 5.74) is 1.61. The van der Waals surface area contributed by atoms with Crippen molar-refractivity contribution in [2.24, 2.45) is 5.41 Å². The molecule has 6 heteroatoms. The minimum absolute atomic E-state index is 0.184. The normalized spacial score (nSPS) is 25.8. The average molecular weight is 344 g/mol. The fraction of sp³-hybridized carbons (Fsp3) is 0.556. The molecular formula is C18H24N4OS. The predicted molar refractivity (Wildman–Crippen MR) is 96.3 cm³/mol. The fourth-order valence-electron chi connectivity index (χ4n) is 3.95. The highest BCUT2D eigenvalue weighted by Crippen LogP contribution is 2.34. The van der Waals surface area contributed by atoms with Crippen LogP contribution in [0.4, 0.5) is 5.95 Å². The summed E-state index contributed by atoms with van der Waals surface area (Å²) in [6.07, 6.45) is 6.10. The zero-order valence-corrected chi connectivity index (χ0v) is 14.7. The molecule has 1 atom stereocenters. The van der Waals surface area contributed by atoms with E-state index < -0.39 is 0 Å². The van der Waals surface area contributed by atoms with Gasteiger partial charge in [-0.15, -0.1) is 0 Å². The molecule has 0 unspecified atom stereocenters. The predicted octanol–water partition coefficient (Wildman–Crippen LogP) is 2.66. The van der Waals surface area contributed by atoms with Crippen molar-refractivity contribution in [2.75, 3.05) is 44.3 Å². The Kier molecular flexibility index (Phi) is 4.78. The highest BCUT2D eigenvalue weighted by atomic mass is 32.1. The Labute approximate surface area is 147 Å². The monoisotopic (exact) mass is 344 g/mol. The molecule has 2 aromatic rings. The molecule has 2 fully saturated rings. The number of likely N-dealkylation sites (tertiary alicyclic amines) is 1. The van der Waals surface area contributed by atoms with Gasteiger partial charge in [-0.1, -0.05) is 0 Å². The lowest BCUT2D eigenvalue weighted by molar-refractivity contribution is 0.0106. The molecule has 128 valence electrons. The Morgan fingerprint density at radius 1 is 1.21 bits per heavy atom. The number of thiophene rings is 1. The number of nitrogens with zero attached hydrogens (tertiary/aromatic N) is 4. The molecule has 0 aromatic carbocycles. The van der Waals surface area contributed by atoms with E-state index in [0.29, 0.717) is 0 Å². The maximum Gasteiger partial charge on any atom is 0.225 e. The van der Waals surface area contributed by atoms with Crippen molar-refractivity contribution in [3.8, 4) is 0 Å². The fourth-order valence-corrected chi connectivity index (χ4v) is 4.61. The molecule has 2 aromatic heterocycles. The van der Waals surface area contributed by atoms with Crippen LogP contribution in [0, 0.1) is 5.41 Å². The maximum atomic E-state index is 6.00. The number of aromatic nitrogens is 2. The summed E-state index contributed by atoms with van der Waals surface area (Å²) >= 11 is 1.78. The Balaban J connectivity index is 1.49. The molecule has 0 amide bonds. The van der Waals surface area contributed by atoms with Crippen LogP contribution in [0.1, 0.15) is 18.4 Å². The van der Waals surface area contributed by atoms with Crippen molar-refractivity contribution >= 4 is 17.3 Å². The first kappa shape index (κ1) is 16.0. The van der Waals surface area contributed by atoms with E-state index in [2.05, 4.69) is 36.6 Å². The Bertz CT molecular complexity index is 636. The number of ether oxygens (including phenoxy) is 1. The lowest BCUT2D eigenvalue weighted by Gasteiger charge is -2.43. The van der Waals surface area contributed by atoms with E-state index in [9.17, 15) is 0 Å². The van der Waals surface area contributed by atoms with Gasteiger partial charge in [-0.25, -0.2) is 9.97 Å². The minimum Gasteiger partial charge on any atom is -0.379 e. The number of hydrogen-bond donors (Lipinski definition) is 0. The molecule has 4 rings (SSSR count). The number of rotatable bonds is 3. The lowest BCUT2D eigenvalue weighted by Crippen LogP contribution is -2.50. The van der Waals surface area contributed by atoms with E-state index >= 15 is 0 Å². The molecule has 4 heterocycles. The van der Waals surface area contributed by atoms with Gasteiger partial charge in [-0.2, -0.15) is 11.3 Å². The van der Waals surface area contributed by atoms with Crippen molar-refractivity contribution in [1.29, 1.82) is 0 Å². The summed E-state index contributed by atoms with van der Waals surface area (Å²) in [5.74, 6) is 0.831. The van der Waals surface area contributed by atoms with Gasteiger partial charge in [0.05, 0.1) is 13.2 Å². The molecular weight excluding hydrogens is 320 g/mol. The van der Waals surface area contributed by atoms with E-state index in [1.165, 1.54) is 24.9 Å². The van der Waals surface area contributed by atoms with Gasteiger partial charge >= 0.3 is 0 Å². The third-order valence-corrected chi connectivity index (χ3v) is 5.73. The van der Waals surface area contributed by atoms with Gasteiger partial charge in [0, 0.05) is 44.0 Å². The zero-order valence-electron chi connectivity index (χ0n) is 13.9. The Hall–Kier alpha value is -1.50. The molecule has 2 aliphatic heterocycles. The van der Waals surface area contributed by atoms with Crippen molar-refractivity contribution < 1.29 is 4.74 Å². The maximum absolute atomic E-state index is 6.00. The molecule has 5 nitrogen and oxygen atoms in total. The third kappa shape index (κ3) is 3.61. The SMILES string of the molecule is c1cnc(N2CCOC[C@@]3(CCCN(Cc4ccsc4)C3)C2)nc1. The molecule has 0 N–H and O–H groups in total. The zero-order chi connectivity index (χ0) is 16.2. The lowest BCUT2D eigenvalue weighted by atomic mass is 9.80. The van der Waals surface area contributed by atoms with Crippen LogP contribution in [-0.4, -0.2) is 54.3 Å². The average Bonchev–Trinajstić information content (AvgIpc) is 3.03. The molecule has 2 saturated heterocycles. The molecule has 2 aliphatic rings. The van der Waals surface area contributed by atoms with Crippen LogP contribution in [0.2, 0.25) is 0 Å². The standard InChI is InChI=1S/C18H24N4OS/c1-4-18(13-21(7-1)11-16-3-10-24-12-16)14-22(8-9-23-15-18)17-19-5-2-6-20-17/h2-3,5-6,10,12H,1,4,7-9,11,13-15H2/t18-/m1/s1. The van der Waals surface area contributed by atoms with Crippen LogP contribution in [0.3, 0.4) is 0 Å². The van der Waals surface area contributed by atoms with Crippen molar-refractivity contribution in [1.82, 2.24) is 14.9 Å². The summed E-state index contributed by atoms with van der Waals surface area (Å²) in [7, 11) is 0. The Morgan fingerprint density at radius 2 is 2.12 bits per heavy atom. The van der Waals surface area contributed by atoms with Gasteiger partial charge in [-0.3, -0.25) is 4.90 Å². The molecule has 0 saturated carbocycles. The largest absolute Gasteiger partial charge is 0.379 e. The van der Waals surface area contributed by atoms with Gasteiger partial charge in [0.1, 0.15) is 0 Å². The van der Waals surface area contributed by atoms with E-state index in [1.54, 1.807) is 11.3 Å². The van der Waals surface area contributed by atoms with Crippen LogP contribution in [0.25, 0.3) is 0 Å². The summed E-state index contributed by atoms with van der Waals surface area (Å²) in [4.78, 5) is 13.8. The van der Waals surface area contributed by atoms with Crippen LogP contribution < -0.4 is 4.90 Å². The van der Waals surface area contributed by atoms with Gasteiger partial charge in [-0.05, 0) is 47.8 Å². The molecule has 0 aliphatic carbocycles. The highest BCUT2D eigenvalue weighted by Gasteiger charge is 2.39. The van der Waals surface area contributed by atoms with Gasteiger partial charge in [0.2, 0.25) is 5.95 Å². The summed E-state index contributed by atoms with van der Waals surface area (Å²) < 4.78 is 6.00. The highest BCUT2D eigenvalue weighted by molar-refractivity contribution is 7.07. The van der Waals surface area contributed by atoms with E-state index in [1.807, 2.05) is 18.5 Å². The van der Waals surface area contributed by atoms with Gasteiger partial charge in [0.15, 0.2) is 0 Å².